The van der Waals surface area contributed by atoms with Crippen LogP contribution in [0.15, 0.2) is 29.2 Å². The van der Waals surface area contributed by atoms with Crippen LogP contribution in [-0.4, -0.2) is 23.5 Å². The van der Waals surface area contributed by atoms with E-state index in [9.17, 15) is 13.2 Å². The molecule has 0 heterocycles. The van der Waals surface area contributed by atoms with Crippen molar-refractivity contribution in [1.29, 1.82) is 0 Å². The van der Waals surface area contributed by atoms with Gasteiger partial charge in [-0.15, -0.1) is 0 Å². The second-order valence-corrected chi connectivity index (χ2v) is 14.0. The third-order valence-electron chi connectivity index (χ3n) is 6.05. The normalized spacial score (nSPS) is 13.1. The smallest absolute Gasteiger partial charge is 0.225 e. The molecule has 35 heavy (non-hydrogen) atoms. The molecule has 1 aromatic carbocycles. The van der Waals surface area contributed by atoms with Gasteiger partial charge in [0.05, 0.1) is 4.90 Å². The molecule has 0 aliphatic rings. The van der Waals surface area contributed by atoms with Crippen molar-refractivity contribution in [3.8, 4) is 0 Å². The van der Waals surface area contributed by atoms with Crippen molar-refractivity contribution in [2.24, 2.45) is 0 Å². The summed E-state index contributed by atoms with van der Waals surface area (Å²) in [6.45, 7) is 2.25. The van der Waals surface area contributed by atoms with E-state index in [4.69, 9.17) is 46.4 Å². The van der Waals surface area contributed by atoms with E-state index in [-0.39, 0.29) is 11.3 Å². The summed E-state index contributed by atoms with van der Waals surface area (Å²) < 4.78 is 23.6. The SMILES string of the molecule is CCCCCCCCCCCCCCCCCC(=O)N[C@@H](C(Cl)(Cl)Cl)S(=O)(=O)c1ccc(Cl)cc1. The van der Waals surface area contributed by atoms with E-state index in [1.807, 2.05) is 0 Å². The Bertz CT molecular complexity index is 811. The maximum atomic E-state index is 12.9. The summed E-state index contributed by atoms with van der Waals surface area (Å²) in [5.41, 5.74) is 0. The van der Waals surface area contributed by atoms with Crippen LogP contribution in [0.2, 0.25) is 5.02 Å². The number of benzene rings is 1. The van der Waals surface area contributed by atoms with E-state index in [1.165, 1.54) is 94.9 Å². The summed E-state index contributed by atoms with van der Waals surface area (Å²) in [6.07, 6.45) is 18.6. The molecule has 1 rings (SSSR count). The number of halogens is 4. The lowest BCUT2D eigenvalue weighted by molar-refractivity contribution is -0.121. The third kappa shape index (κ3) is 14.4. The number of carbonyl (C=O) groups is 1. The molecule has 9 heteroatoms. The predicted molar refractivity (Wildman–Crippen MR) is 150 cm³/mol. The summed E-state index contributed by atoms with van der Waals surface area (Å²) in [5, 5.41) is 1.10. The number of hydrogen-bond donors (Lipinski definition) is 1. The van der Waals surface area contributed by atoms with Gasteiger partial charge in [0.25, 0.3) is 0 Å². The van der Waals surface area contributed by atoms with Gasteiger partial charge >= 0.3 is 0 Å². The summed E-state index contributed by atoms with van der Waals surface area (Å²) >= 11 is 23.6. The summed E-state index contributed by atoms with van der Waals surface area (Å²) in [5.74, 6) is -0.450. The molecule has 4 nitrogen and oxygen atoms in total. The molecular formula is C26H41Cl4NO3S. The molecule has 1 amide bonds. The maximum Gasteiger partial charge on any atom is 0.225 e. The zero-order chi connectivity index (χ0) is 26.2. The minimum atomic E-state index is -4.12. The van der Waals surface area contributed by atoms with Gasteiger partial charge in [-0.1, -0.05) is 143 Å². The average Bonchev–Trinajstić information content (AvgIpc) is 2.79. The predicted octanol–water partition coefficient (Wildman–Crippen LogP) is 9.19. The standard InChI is InChI=1S/C26H41Cl4NO3S/c1-2-3-4-5-6-7-8-9-10-11-12-13-14-15-16-17-24(32)31-25(26(28,29)30)35(33,34)23-20-18-22(27)19-21-23/h18-21,25H,2-17H2,1H3,(H,31,32)/t25-/m1/s1. The molecule has 0 radical (unpaired) electrons. The molecule has 0 aliphatic carbocycles. The average molecular weight is 589 g/mol. The van der Waals surface area contributed by atoms with Crippen LogP contribution in [0.1, 0.15) is 110 Å². The Labute approximate surface area is 232 Å². The second kappa shape index (κ2) is 18.1. The molecule has 0 saturated heterocycles. The second-order valence-electron chi connectivity index (χ2n) is 9.19. The number of rotatable bonds is 19. The fourth-order valence-corrected chi connectivity index (χ4v) is 6.74. The molecular weight excluding hydrogens is 548 g/mol. The van der Waals surface area contributed by atoms with Gasteiger partial charge in [0.2, 0.25) is 19.5 Å². The lowest BCUT2D eigenvalue weighted by atomic mass is 10.0. The van der Waals surface area contributed by atoms with Crippen LogP contribution >= 0.6 is 46.4 Å². The first kappa shape index (κ1) is 32.8. The van der Waals surface area contributed by atoms with E-state index >= 15 is 0 Å². The van der Waals surface area contributed by atoms with Crippen LogP contribution < -0.4 is 5.32 Å². The fourth-order valence-electron chi connectivity index (χ4n) is 3.97. The first-order valence-corrected chi connectivity index (χ1v) is 16.0. The van der Waals surface area contributed by atoms with E-state index in [2.05, 4.69) is 12.2 Å². The molecule has 0 bridgehead atoms. The van der Waals surface area contributed by atoms with E-state index in [1.54, 1.807) is 0 Å². The highest BCUT2D eigenvalue weighted by Gasteiger charge is 2.44. The van der Waals surface area contributed by atoms with Gasteiger partial charge in [0, 0.05) is 11.4 Å². The first-order chi connectivity index (χ1) is 16.6. The molecule has 0 aliphatic heterocycles. The molecule has 0 aromatic heterocycles. The van der Waals surface area contributed by atoms with Gasteiger partial charge in [-0.05, 0) is 30.7 Å². The Morgan fingerprint density at radius 3 is 1.57 bits per heavy atom. The van der Waals surface area contributed by atoms with Crippen LogP contribution in [-0.2, 0) is 14.6 Å². The van der Waals surface area contributed by atoms with E-state index in [0.29, 0.717) is 11.4 Å². The van der Waals surface area contributed by atoms with Crippen molar-refractivity contribution >= 4 is 62.1 Å². The van der Waals surface area contributed by atoms with E-state index < -0.39 is 24.9 Å². The van der Waals surface area contributed by atoms with Crippen molar-refractivity contribution in [3.63, 3.8) is 0 Å². The van der Waals surface area contributed by atoms with Gasteiger partial charge in [-0.25, -0.2) is 8.42 Å². The monoisotopic (exact) mass is 587 g/mol. The number of amides is 1. The Morgan fingerprint density at radius 2 is 1.17 bits per heavy atom. The molecule has 202 valence electrons. The quantitative estimate of drug-likeness (QED) is 0.129. The van der Waals surface area contributed by atoms with Crippen LogP contribution in [0.4, 0.5) is 0 Å². The summed E-state index contributed by atoms with van der Waals surface area (Å²) in [4.78, 5) is 12.3. The lowest BCUT2D eigenvalue weighted by Gasteiger charge is -2.25. The topological polar surface area (TPSA) is 63.2 Å². The maximum absolute atomic E-state index is 12.9. The molecule has 0 saturated carbocycles. The molecule has 1 N–H and O–H groups in total. The summed E-state index contributed by atoms with van der Waals surface area (Å²) in [6, 6.07) is 5.51. The highest BCUT2D eigenvalue weighted by Crippen LogP contribution is 2.36. The minimum Gasteiger partial charge on any atom is -0.336 e. The lowest BCUT2D eigenvalue weighted by Crippen LogP contribution is -2.49. The number of sulfone groups is 1. The van der Waals surface area contributed by atoms with Gasteiger partial charge in [-0.2, -0.15) is 0 Å². The van der Waals surface area contributed by atoms with Crippen LogP contribution in [0, 0.1) is 0 Å². The van der Waals surface area contributed by atoms with Gasteiger partial charge in [0.1, 0.15) is 0 Å². The van der Waals surface area contributed by atoms with Gasteiger partial charge in [-0.3, -0.25) is 4.79 Å². The first-order valence-electron chi connectivity index (χ1n) is 12.9. The Morgan fingerprint density at radius 1 is 0.771 bits per heavy atom. The Balaban J connectivity index is 2.22. The largest absolute Gasteiger partial charge is 0.336 e. The van der Waals surface area contributed by atoms with Gasteiger partial charge in [0.15, 0.2) is 5.37 Å². The highest BCUT2D eigenvalue weighted by molar-refractivity contribution is 7.92. The fraction of sp³-hybridized carbons (Fsp3) is 0.731. The summed E-state index contributed by atoms with van der Waals surface area (Å²) in [7, 11) is -4.12. The molecule has 0 fully saturated rings. The zero-order valence-electron chi connectivity index (χ0n) is 20.8. The minimum absolute atomic E-state index is 0.0782. The van der Waals surface area contributed by atoms with Crippen molar-refractivity contribution in [1.82, 2.24) is 5.32 Å². The van der Waals surface area contributed by atoms with Crippen LogP contribution in [0.5, 0.6) is 0 Å². The number of unbranched alkanes of at least 4 members (excludes halogenated alkanes) is 14. The molecule has 0 unspecified atom stereocenters. The van der Waals surface area contributed by atoms with Crippen molar-refractivity contribution in [2.75, 3.05) is 0 Å². The molecule has 1 atom stereocenters. The van der Waals surface area contributed by atoms with Crippen LogP contribution in [0.25, 0.3) is 0 Å². The van der Waals surface area contributed by atoms with Crippen molar-refractivity contribution in [2.45, 2.75) is 124 Å². The zero-order valence-corrected chi connectivity index (χ0v) is 24.7. The number of hydrogen-bond acceptors (Lipinski definition) is 3. The van der Waals surface area contributed by atoms with E-state index in [0.717, 1.165) is 19.3 Å². The number of alkyl halides is 3. The number of nitrogens with one attached hydrogen (secondary N) is 1. The molecule has 0 spiro atoms. The Kier molecular flexibility index (Phi) is 17.0. The van der Waals surface area contributed by atoms with Crippen molar-refractivity contribution in [3.05, 3.63) is 29.3 Å². The Hall–Kier alpha value is -0.200. The molecule has 1 aromatic rings. The van der Waals surface area contributed by atoms with Crippen molar-refractivity contribution < 1.29 is 13.2 Å². The number of carbonyl (C=O) groups excluding carboxylic acids is 1. The third-order valence-corrected chi connectivity index (χ3v) is 9.37. The highest BCUT2D eigenvalue weighted by atomic mass is 35.6. The van der Waals surface area contributed by atoms with Crippen LogP contribution in [0.3, 0.4) is 0 Å². The van der Waals surface area contributed by atoms with Gasteiger partial charge < -0.3 is 5.32 Å².